The van der Waals surface area contributed by atoms with Crippen molar-refractivity contribution in [3.63, 3.8) is 0 Å². The lowest BCUT2D eigenvalue weighted by Gasteiger charge is -2.18. The van der Waals surface area contributed by atoms with Gasteiger partial charge in [-0.3, -0.25) is 9.97 Å². The Kier molecular flexibility index (Phi) is 7.60. The van der Waals surface area contributed by atoms with Crippen LogP contribution in [0.5, 0.6) is 17.2 Å². The molecule has 5 rings (SSSR count). The predicted octanol–water partition coefficient (Wildman–Crippen LogP) is 4.97. The molecule has 3 aromatic heterocycles. The third-order valence-corrected chi connectivity index (χ3v) is 6.71. The maximum atomic E-state index is 6.38. The fraction of sp³-hybridized carbons (Fsp3) is 0.233. The number of nitrogen functional groups attached to an aromatic ring is 2. The molecule has 5 N–H and O–H groups in total. The molecule has 0 bridgehead atoms. The van der Waals surface area contributed by atoms with Crippen LogP contribution < -0.4 is 31.0 Å². The van der Waals surface area contributed by atoms with Crippen molar-refractivity contribution in [2.24, 2.45) is 0 Å². The quantitative estimate of drug-likeness (QED) is 0.171. The third kappa shape index (κ3) is 5.63. The Hall–Kier alpha value is -4.63. The first kappa shape index (κ1) is 26.0. The molecular formula is C30H32N6O3. The van der Waals surface area contributed by atoms with Crippen LogP contribution in [0.4, 0.5) is 11.5 Å². The van der Waals surface area contributed by atoms with Gasteiger partial charge in [0.05, 0.1) is 31.6 Å². The number of nitrogens with one attached hydrogen (secondary N) is 1. The molecule has 0 radical (unpaired) electrons. The molecule has 0 spiro atoms. The molecule has 9 nitrogen and oxygen atoms in total. The zero-order valence-electron chi connectivity index (χ0n) is 22.3. The van der Waals surface area contributed by atoms with E-state index in [1.54, 1.807) is 32.8 Å². The number of fused-ring (bicyclic) bond motifs is 3. The van der Waals surface area contributed by atoms with Crippen LogP contribution >= 0.6 is 0 Å². The molecule has 2 aromatic carbocycles. The smallest absolute Gasteiger partial charge is 0.162 e. The van der Waals surface area contributed by atoms with Gasteiger partial charge in [0.1, 0.15) is 18.2 Å². The molecule has 0 aliphatic rings. The molecule has 0 fully saturated rings. The zero-order valence-corrected chi connectivity index (χ0v) is 22.3. The first-order valence-electron chi connectivity index (χ1n) is 12.8. The molecule has 0 aliphatic carbocycles. The fourth-order valence-corrected chi connectivity index (χ4v) is 4.53. The van der Waals surface area contributed by atoms with E-state index in [2.05, 4.69) is 33.3 Å². The normalized spacial score (nSPS) is 12.0. The number of nitrogens with zero attached hydrogens (tertiary/aromatic N) is 3. The van der Waals surface area contributed by atoms with Gasteiger partial charge < -0.3 is 31.0 Å². The average Bonchev–Trinajstić information content (AvgIpc) is 2.96. The minimum atomic E-state index is 0.162. The van der Waals surface area contributed by atoms with Gasteiger partial charge in [-0.15, -0.1) is 0 Å². The van der Waals surface area contributed by atoms with Gasteiger partial charge in [-0.1, -0.05) is 19.1 Å². The molecule has 0 amide bonds. The Morgan fingerprint density at radius 3 is 2.49 bits per heavy atom. The van der Waals surface area contributed by atoms with Gasteiger partial charge in [0.2, 0.25) is 0 Å². The molecule has 39 heavy (non-hydrogen) atoms. The van der Waals surface area contributed by atoms with E-state index in [0.717, 1.165) is 44.9 Å². The summed E-state index contributed by atoms with van der Waals surface area (Å²) in [5.41, 5.74) is 16.4. The van der Waals surface area contributed by atoms with Crippen molar-refractivity contribution >= 4 is 33.2 Å². The van der Waals surface area contributed by atoms with Crippen LogP contribution in [0, 0.1) is 0 Å². The molecule has 1 atom stereocenters. The highest BCUT2D eigenvalue weighted by molar-refractivity contribution is 6.10. The van der Waals surface area contributed by atoms with E-state index in [4.69, 9.17) is 25.7 Å². The number of aromatic nitrogens is 3. The number of anilines is 2. The van der Waals surface area contributed by atoms with Gasteiger partial charge in [-0.25, -0.2) is 4.98 Å². The SMILES string of the molecule is CC[C@H](COc1cncc(-c2cc3c(cnc4cc(OC)c(OC)cc43)c(N)n2)c1)NCc1cccc(N)c1. The van der Waals surface area contributed by atoms with Gasteiger partial charge in [-0.05, 0) is 47.7 Å². The van der Waals surface area contributed by atoms with Crippen LogP contribution in [0.25, 0.3) is 32.9 Å². The summed E-state index contributed by atoms with van der Waals surface area (Å²) in [6.45, 7) is 3.33. The summed E-state index contributed by atoms with van der Waals surface area (Å²) in [7, 11) is 3.21. The fourth-order valence-electron chi connectivity index (χ4n) is 4.53. The first-order valence-corrected chi connectivity index (χ1v) is 12.8. The summed E-state index contributed by atoms with van der Waals surface area (Å²) in [5, 5.41) is 6.09. The Morgan fingerprint density at radius 1 is 0.897 bits per heavy atom. The van der Waals surface area contributed by atoms with Crippen molar-refractivity contribution in [3.8, 4) is 28.5 Å². The Bertz CT molecular complexity index is 1620. The lowest BCUT2D eigenvalue weighted by Crippen LogP contribution is -2.33. The van der Waals surface area contributed by atoms with Crippen molar-refractivity contribution in [1.29, 1.82) is 0 Å². The van der Waals surface area contributed by atoms with Crippen LogP contribution in [-0.2, 0) is 6.54 Å². The Labute approximate surface area is 227 Å². The maximum absolute atomic E-state index is 6.38. The predicted molar refractivity (Wildman–Crippen MR) is 155 cm³/mol. The number of benzene rings is 2. The second-order valence-electron chi connectivity index (χ2n) is 9.29. The Morgan fingerprint density at radius 2 is 1.72 bits per heavy atom. The van der Waals surface area contributed by atoms with Gasteiger partial charge in [-0.2, -0.15) is 0 Å². The largest absolute Gasteiger partial charge is 0.493 e. The van der Waals surface area contributed by atoms with Crippen molar-refractivity contribution in [3.05, 3.63) is 72.7 Å². The Balaban J connectivity index is 1.39. The molecule has 3 heterocycles. The average molecular weight is 525 g/mol. The van der Waals surface area contributed by atoms with Crippen LogP contribution in [0.3, 0.4) is 0 Å². The first-order chi connectivity index (χ1) is 19.0. The number of ether oxygens (including phenoxy) is 3. The van der Waals surface area contributed by atoms with Crippen LogP contribution in [-0.4, -0.2) is 41.8 Å². The zero-order chi connectivity index (χ0) is 27.4. The standard InChI is InChI=1S/C30H32N6O3/c1-4-21(34-13-18-6-5-7-20(31)8-18)17-39-22-9-19(14-33-15-22)26-10-23-24-11-28(37-2)29(38-3)12-27(24)35-16-25(23)30(32)36-26/h5-12,14-16,21,34H,4,13,17,31H2,1-3H3,(H2,32,36)/t21-/m1/s1. The molecular weight excluding hydrogens is 492 g/mol. The maximum Gasteiger partial charge on any atom is 0.162 e. The van der Waals surface area contributed by atoms with Crippen LogP contribution in [0.1, 0.15) is 18.9 Å². The number of nitrogens with two attached hydrogens (primary N) is 2. The molecule has 0 saturated carbocycles. The molecule has 0 aliphatic heterocycles. The van der Waals surface area contributed by atoms with Crippen LogP contribution in [0.15, 0.2) is 67.1 Å². The summed E-state index contributed by atoms with van der Waals surface area (Å²) < 4.78 is 17.1. The number of hydrogen-bond donors (Lipinski definition) is 3. The molecule has 200 valence electrons. The van der Waals surface area contributed by atoms with E-state index < -0.39 is 0 Å². The summed E-state index contributed by atoms with van der Waals surface area (Å²) in [6, 6.07) is 15.7. The highest BCUT2D eigenvalue weighted by atomic mass is 16.5. The van der Waals surface area contributed by atoms with E-state index in [1.165, 1.54) is 0 Å². The van der Waals surface area contributed by atoms with Crippen molar-refractivity contribution in [2.45, 2.75) is 25.9 Å². The topological polar surface area (TPSA) is 130 Å². The van der Waals surface area contributed by atoms with Gasteiger partial charge in [0.15, 0.2) is 11.5 Å². The number of hydrogen-bond acceptors (Lipinski definition) is 9. The highest BCUT2D eigenvalue weighted by Crippen LogP contribution is 2.37. The van der Waals surface area contributed by atoms with Crippen molar-refractivity contribution in [2.75, 3.05) is 32.3 Å². The number of rotatable bonds is 10. The number of methoxy groups -OCH3 is 2. The second-order valence-corrected chi connectivity index (χ2v) is 9.29. The summed E-state index contributed by atoms with van der Waals surface area (Å²) in [6.07, 6.45) is 6.10. The van der Waals surface area contributed by atoms with Crippen molar-refractivity contribution < 1.29 is 14.2 Å². The molecule has 0 unspecified atom stereocenters. The van der Waals surface area contributed by atoms with E-state index in [1.807, 2.05) is 42.5 Å². The molecule has 5 aromatic rings. The van der Waals surface area contributed by atoms with Crippen LogP contribution in [0.2, 0.25) is 0 Å². The van der Waals surface area contributed by atoms with E-state index in [9.17, 15) is 0 Å². The second kappa shape index (κ2) is 11.4. The summed E-state index contributed by atoms with van der Waals surface area (Å²) in [4.78, 5) is 13.6. The summed E-state index contributed by atoms with van der Waals surface area (Å²) in [5.74, 6) is 2.27. The lowest BCUT2D eigenvalue weighted by atomic mass is 10.0. The minimum Gasteiger partial charge on any atom is -0.493 e. The van der Waals surface area contributed by atoms with Crippen molar-refractivity contribution in [1.82, 2.24) is 20.3 Å². The lowest BCUT2D eigenvalue weighted by molar-refractivity contribution is 0.258. The van der Waals surface area contributed by atoms with Gasteiger partial charge >= 0.3 is 0 Å². The minimum absolute atomic E-state index is 0.162. The van der Waals surface area contributed by atoms with Gasteiger partial charge in [0, 0.05) is 53.1 Å². The van der Waals surface area contributed by atoms with E-state index >= 15 is 0 Å². The summed E-state index contributed by atoms with van der Waals surface area (Å²) >= 11 is 0. The molecule has 0 saturated heterocycles. The number of pyridine rings is 3. The monoisotopic (exact) mass is 524 g/mol. The third-order valence-electron chi connectivity index (χ3n) is 6.71. The highest BCUT2D eigenvalue weighted by Gasteiger charge is 2.14. The molecule has 9 heteroatoms. The van der Waals surface area contributed by atoms with E-state index in [0.29, 0.717) is 41.9 Å². The van der Waals surface area contributed by atoms with E-state index in [-0.39, 0.29) is 6.04 Å². The van der Waals surface area contributed by atoms with Gasteiger partial charge in [0.25, 0.3) is 0 Å².